The van der Waals surface area contributed by atoms with Crippen molar-refractivity contribution in [2.75, 3.05) is 6.54 Å². The lowest BCUT2D eigenvalue weighted by atomic mass is 10.1. The molecule has 0 spiro atoms. The highest BCUT2D eigenvalue weighted by atomic mass is 14.9. The predicted octanol–water partition coefficient (Wildman–Crippen LogP) is 4.37. The molecular weight excluding hydrogens is 182 g/mol. The first-order valence-electron chi connectivity index (χ1n) is 6.94. The molecule has 0 heterocycles. The molecule has 15 heavy (non-hydrogen) atoms. The zero-order valence-electron chi connectivity index (χ0n) is 11.3. The predicted molar refractivity (Wildman–Crippen MR) is 70.3 cm³/mol. The molecule has 0 aromatic heterocycles. The largest absolute Gasteiger partial charge is 0.314 e. The molecule has 1 saturated carbocycles. The highest BCUT2D eigenvalue weighted by Crippen LogP contribution is 2.17. The zero-order chi connectivity index (χ0) is 11.5. The molecule has 0 amide bonds. The number of hydrogen-bond donors (Lipinski definition) is 1. The average Bonchev–Trinajstić information content (AvgIpc) is 2.68. The van der Waals surface area contributed by atoms with Crippen LogP contribution in [0.2, 0.25) is 0 Å². The molecule has 0 aliphatic heterocycles. The zero-order valence-corrected chi connectivity index (χ0v) is 11.3. The molecule has 1 fully saturated rings. The van der Waals surface area contributed by atoms with Crippen molar-refractivity contribution in [3.05, 3.63) is 0 Å². The molecule has 1 N–H and O–H groups in total. The molecule has 1 rings (SSSR count). The van der Waals surface area contributed by atoms with E-state index in [4.69, 9.17) is 0 Å². The van der Waals surface area contributed by atoms with Crippen LogP contribution in [0.15, 0.2) is 0 Å². The van der Waals surface area contributed by atoms with E-state index in [0.717, 1.165) is 12.0 Å². The van der Waals surface area contributed by atoms with Gasteiger partial charge in [0.1, 0.15) is 0 Å². The summed E-state index contributed by atoms with van der Waals surface area (Å²) in [7, 11) is 0. The Balaban J connectivity index is 0.000000288. The van der Waals surface area contributed by atoms with Gasteiger partial charge in [0, 0.05) is 6.04 Å². The van der Waals surface area contributed by atoms with Crippen molar-refractivity contribution in [1.29, 1.82) is 0 Å². The van der Waals surface area contributed by atoms with Gasteiger partial charge in [0.05, 0.1) is 0 Å². The molecule has 1 heteroatoms. The van der Waals surface area contributed by atoms with Crippen LogP contribution in [0, 0.1) is 5.92 Å². The number of hydrogen-bond acceptors (Lipinski definition) is 1. The third-order valence-corrected chi connectivity index (χ3v) is 2.90. The lowest BCUT2D eigenvalue weighted by molar-refractivity contribution is 0.523. The number of nitrogens with one attached hydrogen (secondary N) is 1. The molecule has 0 unspecified atom stereocenters. The third-order valence-electron chi connectivity index (χ3n) is 2.90. The summed E-state index contributed by atoms with van der Waals surface area (Å²) in [6.07, 6.45) is 9.71. The summed E-state index contributed by atoms with van der Waals surface area (Å²) >= 11 is 0. The minimum atomic E-state index is 0.866. The average molecular weight is 213 g/mol. The third kappa shape index (κ3) is 10.2. The fraction of sp³-hybridized carbons (Fsp3) is 1.00. The van der Waals surface area contributed by atoms with Gasteiger partial charge in [-0.15, -0.1) is 0 Å². The van der Waals surface area contributed by atoms with Crippen LogP contribution in [0.25, 0.3) is 0 Å². The van der Waals surface area contributed by atoms with Crippen molar-refractivity contribution in [2.45, 2.75) is 78.7 Å². The minimum Gasteiger partial charge on any atom is -0.314 e. The molecular formula is C14H31N. The Morgan fingerprint density at radius 1 is 1.07 bits per heavy atom. The monoisotopic (exact) mass is 213 g/mol. The van der Waals surface area contributed by atoms with Crippen LogP contribution < -0.4 is 5.32 Å². The van der Waals surface area contributed by atoms with E-state index in [1.807, 2.05) is 0 Å². The van der Waals surface area contributed by atoms with Crippen LogP contribution in [-0.4, -0.2) is 12.6 Å². The highest BCUT2D eigenvalue weighted by molar-refractivity contribution is 4.72. The normalized spacial score (nSPS) is 16.6. The molecule has 1 aliphatic carbocycles. The molecule has 0 bridgehead atoms. The van der Waals surface area contributed by atoms with E-state index in [1.54, 1.807) is 0 Å². The van der Waals surface area contributed by atoms with Gasteiger partial charge in [0.25, 0.3) is 0 Å². The van der Waals surface area contributed by atoms with Gasteiger partial charge in [-0.1, -0.05) is 53.4 Å². The fourth-order valence-electron chi connectivity index (χ4n) is 2.06. The Kier molecular flexibility index (Phi) is 10.4. The molecule has 0 aromatic rings. The van der Waals surface area contributed by atoms with Gasteiger partial charge in [-0.2, -0.15) is 0 Å². The molecule has 0 radical (unpaired) electrons. The van der Waals surface area contributed by atoms with Gasteiger partial charge in [0.15, 0.2) is 0 Å². The van der Waals surface area contributed by atoms with E-state index in [-0.39, 0.29) is 0 Å². The van der Waals surface area contributed by atoms with Crippen molar-refractivity contribution >= 4 is 0 Å². The summed E-state index contributed by atoms with van der Waals surface area (Å²) in [5, 5.41) is 3.53. The van der Waals surface area contributed by atoms with E-state index in [1.165, 1.54) is 51.5 Å². The number of rotatable bonds is 5. The van der Waals surface area contributed by atoms with Crippen LogP contribution in [0.5, 0.6) is 0 Å². The molecule has 0 saturated heterocycles. The van der Waals surface area contributed by atoms with Crippen molar-refractivity contribution in [3.8, 4) is 0 Å². The Labute approximate surface area is 97.0 Å². The first-order valence-corrected chi connectivity index (χ1v) is 6.94. The maximum atomic E-state index is 3.53. The van der Waals surface area contributed by atoms with Gasteiger partial charge in [-0.05, 0) is 31.7 Å². The van der Waals surface area contributed by atoms with Crippen LogP contribution in [0.4, 0.5) is 0 Å². The Morgan fingerprint density at radius 2 is 1.67 bits per heavy atom. The van der Waals surface area contributed by atoms with Crippen molar-refractivity contribution in [3.63, 3.8) is 0 Å². The van der Waals surface area contributed by atoms with E-state index >= 15 is 0 Å². The van der Waals surface area contributed by atoms with Crippen LogP contribution >= 0.6 is 0 Å². The van der Waals surface area contributed by atoms with E-state index < -0.39 is 0 Å². The standard InChI is InChI=1S/C8H17N.C6H14/c1-2-7-9-8-5-3-4-6-8;1-4-5-6(2)3/h8-9H,2-7H2,1H3;6H,4-5H2,1-3H3. The fourth-order valence-corrected chi connectivity index (χ4v) is 2.06. The second-order valence-corrected chi connectivity index (χ2v) is 5.12. The van der Waals surface area contributed by atoms with Crippen molar-refractivity contribution in [2.24, 2.45) is 5.92 Å². The smallest absolute Gasteiger partial charge is 0.00670 e. The summed E-state index contributed by atoms with van der Waals surface area (Å²) in [4.78, 5) is 0. The molecule has 1 aliphatic rings. The topological polar surface area (TPSA) is 12.0 Å². The van der Waals surface area contributed by atoms with E-state index in [2.05, 4.69) is 33.0 Å². The Bertz CT molecular complexity index is 115. The Morgan fingerprint density at radius 3 is 2.00 bits per heavy atom. The molecule has 0 atom stereocenters. The molecule has 1 nitrogen and oxygen atoms in total. The first kappa shape index (κ1) is 15.0. The van der Waals surface area contributed by atoms with Gasteiger partial charge >= 0.3 is 0 Å². The summed E-state index contributed by atoms with van der Waals surface area (Å²) in [6.45, 7) is 10.2. The van der Waals surface area contributed by atoms with Crippen molar-refractivity contribution < 1.29 is 0 Å². The van der Waals surface area contributed by atoms with Crippen LogP contribution in [0.3, 0.4) is 0 Å². The Hall–Kier alpha value is -0.0400. The maximum Gasteiger partial charge on any atom is 0.00670 e. The van der Waals surface area contributed by atoms with Gasteiger partial charge in [-0.25, -0.2) is 0 Å². The molecule has 0 aromatic carbocycles. The van der Waals surface area contributed by atoms with Crippen LogP contribution in [-0.2, 0) is 0 Å². The van der Waals surface area contributed by atoms with E-state index in [9.17, 15) is 0 Å². The lowest BCUT2D eigenvalue weighted by Gasteiger charge is -2.09. The first-order chi connectivity index (χ1) is 7.20. The van der Waals surface area contributed by atoms with Crippen LogP contribution in [0.1, 0.15) is 72.6 Å². The second-order valence-electron chi connectivity index (χ2n) is 5.12. The summed E-state index contributed by atoms with van der Waals surface area (Å²) in [5.74, 6) is 0.898. The van der Waals surface area contributed by atoms with E-state index in [0.29, 0.717) is 0 Å². The quantitative estimate of drug-likeness (QED) is 0.715. The van der Waals surface area contributed by atoms with Gasteiger partial charge < -0.3 is 5.32 Å². The van der Waals surface area contributed by atoms with Crippen molar-refractivity contribution in [1.82, 2.24) is 5.32 Å². The SMILES string of the molecule is CCCC(C)C.CCCNC1CCCC1. The maximum absolute atomic E-state index is 3.53. The summed E-state index contributed by atoms with van der Waals surface area (Å²) in [5.41, 5.74) is 0. The highest BCUT2D eigenvalue weighted by Gasteiger charge is 2.12. The lowest BCUT2D eigenvalue weighted by Crippen LogP contribution is -2.26. The summed E-state index contributed by atoms with van der Waals surface area (Å²) < 4.78 is 0. The molecule has 92 valence electrons. The minimum absolute atomic E-state index is 0.866. The van der Waals surface area contributed by atoms with Gasteiger partial charge in [-0.3, -0.25) is 0 Å². The summed E-state index contributed by atoms with van der Waals surface area (Å²) in [6, 6.07) is 0.866. The van der Waals surface area contributed by atoms with Gasteiger partial charge in [0.2, 0.25) is 0 Å². The second kappa shape index (κ2) is 10.5.